The first-order chi connectivity index (χ1) is 8.90. The molecule has 102 valence electrons. The van der Waals surface area contributed by atoms with Crippen molar-refractivity contribution in [3.05, 3.63) is 29.6 Å². The summed E-state index contributed by atoms with van der Waals surface area (Å²) in [6, 6.07) is 6.02. The Labute approximate surface area is 113 Å². The Balaban J connectivity index is 2.33. The van der Waals surface area contributed by atoms with Crippen LogP contribution in [0, 0.1) is 18.8 Å². The number of imidazole rings is 1. The van der Waals surface area contributed by atoms with Crippen LogP contribution in [-0.4, -0.2) is 20.6 Å². The zero-order valence-corrected chi connectivity index (χ0v) is 11.8. The van der Waals surface area contributed by atoms with Crippen LogP contribution in [0.4, 0.5) is 0 Å². The van der Waals surface area contributed by atoms with Crippen LogP contribution in [-0.2, 0) is 18.3 Å². The molecule has 0 aliphatic rings. The highest BCUT2D eigenvalue weighted by Gasteiger charge is 2.22. The number of aryl methyl sites for hydroxylation is 2. The van der Waals surface area contributed by atoms with Crippen molar-refractivity contribution in [3.8, 4) is 0 Å². The van der Waals surface area contributed by atoms with E-state index in [1.54, 1.807) is 0 Å². The molecule has 2 aromatic rings. The van der Waals surface area contributed by atoms with Crippen LogP contribution in [0.2, 0.25) is 0 Å². The summed E-state index contributed by atoms with van der Waals surface area (Å²) in [6.07, 6.45) is 0.554. The molecule has 19 heavy (non-hydrogen) atoms. The van der Waals surface area contributed by atoms with E-state index in [1.807, 2.05) is 50.6 Å². The smallest absolute Gasteiger partial charge is 0.307 e. The number of benzene rings is 1. The third-order valence-electron chi connectivity index (χ3n) is 3.75. The van der Waals surface area contributed by atoms with E-state index >= 15 is 0 Å². The molecule has 1 atom stereocenters. The van der Waals surface area contributed by atoms with Gasteiger partial charge in [-0.25, -0.2) is 4.98 Å². The first kappa shape index (κ1) is 13.6. The van der Waals surface area contributed by atoms with Crippen LogP contribution in [0.25, 0.3) is 11.0 Å². The van der Waals surface area contributed by atoms with Crippen LogP contribution in [0.15, 0.2) is 18.2 Å². The van der Waals surface area contributed by atoms with E-state index in [2.05, 4.69) is 4.98 Å². The predicted octanol–water partition coefficient (Wildman–Crippen LogP) is 2.78. The number of aliphatic carboxylic acids is 1. The van der Waals surface area contributed by atoms with Crippen LogP contribution < -0.4 is 0 Å². The first-order valence-electron chi connectivity index (χ1n) is 6.55. The van der Waals surface area contributed by atoms with E-state index < -0.39 is 5.97 Å². The Bertz CT molecular complexity index is 614. The van der Waals surface area contributed by atoms with Gasteiger partial charge in [-0.15, -0.1) is 0 Å². The average molecular weight is 260 g/mol. The highest BCUT2D eigenvalue weighted by molar-refractivity contribution is 5.77. The van der Waals surface area contributed by atoms with E-state index in [-0.39, 0.29) is 11.8 Å². The summed E-state index contributed by atoms with van der Waals surface area (Å²) in [5.41, 5.74) is 3.05. The standard InChI is InChI=1S/C15H20N2O2/c1-9(2)12(15(18)19)7-11-5-6-14-13(8-11)16-10(3)17(14)4/h5-6,8-9,12H,7H2,1-4H3,(H,18,19). The molecule has 0 spiro atoms. The number of aromatic nitrogens is 2. The molecule has 0 aliphatic heterocycles. The number of hydrogen-bond donors (Lipinski definition) is 1. The van der Waals surface area contributed by atoms with Crippen molar-refractivity contribution < 1.29 is 9.90 Å². The maximum absolute atomic E-state index is 11.2. The third-order valence-corrected chi connectivity index (χ3v) is 3.75. The predicted molar refractivity (Wildman–Crippen MR) is 75.1 cm³/mol. The quantitative estimate of drug-likeness (QED) is 0.919. The molecule has 0 saturated carbocycles. The largest absolute Gasteiger partial charge is 0.481 e. The van der Waals surface area contributed by atoms with Gasteiger partial charge in [-0.3, -0.25) is 4.79 Å². The van der Waals surface area contributed by atoms with Crippen molar-refractivity contribution in [1.29, 1.82) is 0 Å². The number of hydrogen-bond acceptors (Lipinski definition) is 2. The fourth-order valence-electron chi connectivity index (χ4n) is 2.35. The SMILES string of the molecule is Cc1nc2cc(CC(C(=O)O)C(C)C)ccc2n1C. The lowest BCUT2D eigenvalue weighted by Gasteiger charge is -2.16. The van der Waals surface area contributed by atoms with Gasteiger partial charge in [-0.2, -0.15) is 0 Å². The Hall–Kier alpha value is -1.84. The maximum Gasteiger partial charge on any atom is 0.307 e. The van der Waals surface area contributed by atoms with Gasteiger partial charge >= 0.3 is 5.97 Å². The number of carbonyl (C=O) groups is 1. The minimum Gasteiger partial charge on any atom is -0.481 e. The van der Waals surface area contributed by atoms with Crippen LogP contribution in [0.3, 0.4) is 0 Å². The summed E-state index contributed by atoms with van der Waals surface area (Å²) in [7, 11) is 1.98. The minimum absolute atomic E-state index is 0.124. The summed E-state index contributed by atoms with van der Waals surface area (Å²) in [5, 5.41) is 9.25. The first-order valence-corrected chi connectivity index (χ1v) is 6.55. The van der Waals surface area contributed by atoms with Crippen LogP contribution in [0.5, 0.6) is 0 Å². The number of fused-ring (bicyclic) bond motifs is 1. The van der Waals surface area contributed by atoms with E-state index in [0.717, 1.165) is 22.4 Å². The van der Waals surface area contributed by atoms with Crippen molar-refractivity contribution >= 4 is 17.0 Å². The summed E-state index contributed by atoms with van der Waals surface area (Å²) >= 11 is 0. The summed E-state index contributed by atoms with van der Waals surface area (Å²) < 4.78 is 2.04. The summed E-state index contributed by atoms with van der Waals surface area (Å²) in [6.45, 7) is 5.86. The molecule has 0 bridgehead atoms. The summed E-state index contributed by atoms with van der Waals surface area (Å²) in [5.74, 6) is 0.0130. The van der Waals surface area contributed by atoms with E-state index in [0.29, 0.717) is 6.42 Å². The molecule has 0 amide bonds. The van der Waals surface area contributed by atoms with Gasteiger partial charge in [0.2, 0.25) is 0 Å². The molecule has 1 heterocycles. The van der Waals surface area contributed by atoms with Crippen molar-refractivity contribution in [2.24, 2.45) is 18.9 Å². The van der Waals surface area contributed by atoms with Gasteiger partial charge in [-0.1, -0.05) is 19.9 Å². The van der Waals surface area contributed by atoms with Gasteiger partial charge in [0.05, 0.1) is 17.0 Å². The normalized spacial score (nSPS) is 13.1. The average Bonchev–Trinajstić information content (AvgIpc) is 2.61. The topological polar surface area (TPSA) is 55.1 Å². The Kier molecular flexibility index (Phi) is 3.60. The van der Waals surface area contributed by atoms with Crippen LogP contribution in [0.1, 0.15) is 25.2 Å². The molecule has 0 aliphatic carbocycles. The second-order valence-electron chi connectivity index (χ2n) is 5.43. The molecule has 2 rings (SSSR count). The number of carboxylic acids is 1. The van der Waals surface area contributed by atoms with Crippen LogP contribution >= 0.6 is 0 Å². The molecule has 1 unspecified atom stereocenters. The van der Waals surface area contributed by atoms with Crippen molar-refractivity contribution in [2.75, 3.05) is 0 Å². The Morgan fingerprint density at radius 2 is 2.11 bits per heavy atom. The van der Waals surface area contributed by atoms with Crippen molar-refractivity contribution in [1.82, 2.24) is 9.55 Å². The second kappa shape index (κ2) is 5.03. The van der Waals surface area contributed by atoms with Gasteiger partial charge < -0.3 is 9.67 Å². The van der Waals surface area contributed by atoms with Gasteiger partial charge in [0.1, 0.15) is 5.82 Å². The molecule has 1 aromatic carbocycles. The molecular weight excluding hydrogens is 240 g/mol. The lowest BCUT2D eigenvalue weighted by Crippen LogP contribution is -2.22. The number of carboxylic acid groups (broad SMARTS) is 1. The molecule has 0 radical (unpaired) electrons. The number of rotatable bonds is 4. The van der Waals surface area contributed by atoms with E-state index in [1.165, 1.54) is 0 Å². The zero-order chi connectivity index (χ0) is 14.2. The van der Waals surface area contributed by atoms with Crippen molar-refractivity contribution in [3.63, 3.8) is 0 Å². The van der Waals surface area contributed by atoms with E-state index in [4.69, 9.17) is 0 Å². The van der Waals surface area contributed by atoms with Gasteiger partial charge in [0.25, 0.3) is 0 Å². The fraction of sp³-hybridized carbons (Fsp3) is 0.467. The molecular formula is C15H20N2O2. The monoisotopic (exact) mass is 260 g/mol. The molecule has 1 N–H and O–H groups in total. The van der Waals surface area contributed by atoms with Gasteiger partial charge in [-0.05, 0) is 37.0 Å². The van der Waals surface area contributed by atoms with E-state index in [9.17, 15) is 9.90 Å². The highest BCUT2D eigenvalue weighted by atomic mass is 16.4. The molecule has 1 aromatic heterocycles. The number of nitrogens with zero attached hydrogens (tertiary/aromatic N) is 2. The lowest BCUT2D eigenvalue weighted by atomic mass is 9.89. The Morgan fingerprint density at radius 1 is 1.42 bits per heavy atom. The fourth-order valence-corrected chi connectivity index (χ4v) is 2.35. The molecule has 0 fully saturated rings. The minimum atomic E-state index is -0.729. The zero-order valence-electron chi connectivity index (χ0n) is 11.8. The second-order valence-corrected chi connectivity index (χ2v) is 5.43. The Morgan fingerprint density at radius 3 is 2.68 bits per heavy atom. The van der Waals surface area contributed by atoms with Gasteiger partial charge in [0, 0.05) is 7.05 Å². The van der Waals surface area contributed by atoms with Gasteiger partial charge in [0.15, 0.2) is 0 Å². The molecule has 4 nitrogen and oxygen atoms in total. The highest BCUT2D eigenvalue weighted by Crippen LogP contribution is 2.21. The molecule has 4 heteroatoms. The van der Waals surface area contributed by atoms with Crippen molar-refractivity contribution in [2.45, 2.75) is 27.2 Å². The lowest BCUT2D eigenvalue weighted by molar-refractivity contribution is -0.143. The third kappa shape index (κ3) is 2.62. The summed E-state index contributed by atoms with van der Waals surface area (Å²) in [4.78, 5) is 15.7. The maximum atomic E-state index is 11.2. The molecule has 0 saturated heterocycles.